The molecule has 1 amide bonds. The van der Waals surface area contributed by atoms with Gasteiger partial charge in [-0.05, 0) is 52.2 Å². The Morgan fingerprint density at radius 1 is 1.44 bits per heavy atom. The first kappa shape index (κ1) is 19.5. The van der Waals surface area contributed by atoms with Gasteiger partial charge in [0.2, 0.25) is 0 Å². The molecule has 0 saturated heterocycles. The molecule has 2 aromatic heterocycles. The Labute approximate surface area is 152 Å². The van der Waals surface area contributed by atoms with Crippen LogP contribution in [0.15, 0.2) is 6.07 Å². The Balaban J connectivity index is 2.18. The van der Waals surface area contributed by atoms with E-state index in [1.807, 2.05) is 24.8 Å². The minimum absolute atomic E-state index is 0.0767. The van der Waals surface area contributed by atoms with Crippen molar-refractivity contribution < 1.29 is 9.90 Å². The van der Waals surface area contributed by atoms with E-state index in [1.165, 1.54) is 0 Å². The molecule has 1 unspecified atom stereocenters. The Morgan fingerprint density at radius 3 is 2.72 bits per heavy atom. The lowest BCUT2D eigenvalue weighted by Gasteiger charge is -2.14. The van der Waals surface area contributed by atoms with Crippen LogP contribution in [-0.2, 0) is 0 Å². The minimum atomic E-state index is -0.259. The lowest BCUT2D eigenvalue weighted by molar-refractivity contribution is 0.0910. The molecule has 2 heterocycles. The number of aryl methyl sites for hydroxylation is 1. The van der Waals surface area contributed by atoms with E-state index >= 15 is 0 Å². The van der Waals surface area contributed by atoms with Crippen molar-refractivity contribution in [1.82, 2.24) is 25.3 Å². The second-order valence-corrected chi connectivity index (χ2v) is 7.37. The van der Waals surface area contributed by atoms with Gasteiger partial charge < -0.3 is 10.4 Å². The summed E-state index contributed by atoms with van der Waals surface area (Å²) in [7, 11) is 0. The van der Waals surface area contributed by atoms with Crippen LogP contribution in [0.5, 0.6) is 0 Å². The minimum Gasteiger partial charge on any atom is -0.394 e. The number of aromatic nitrogens is 4. The molecule has 2 aromatic rings. The summed E-state index contributed by atoms with van der Waals surface area (Å²) < 4.78 is 1.96. The van der Waals surface area contributed by atoms with Crippen LogP contribution in [0.25, 0.3) is 11.3 Å². The Morgan fingerprint density at radius 2 is 2.16 bits per heavy atom. The number of nitrogens with zero attached hydrogens (tertiary/aromatic N) is 3. The number of hydrogen-bond acceptors (Lipinski definition) is 5. The largest absolute Gasteiger partial charge is 0.394 e. The fourth-order valence-corrected chi connectivity index (χ4v) is 3.36. The van der Waals surface area contributed by atoms with Gasteiger partial charge in [0.15, 0.2) is 0 Å². The van der Waals surface area contributed by atoms with Crippen molar-refractivity contribution in [3.63, 3.8) is 0 Å². The van der Waals surface area contributed by atoms with E-state index in [9.17, 15) is 9.90 Å². The fraction of sp³-hybridized carbons (Fsp3) is 0.588. The summed E-state index contributed by atoms with van der Waals surface area (Å²) in [6.45, 7) is 8.03. The number of rotatable bonds is 8. The van der Waals surface area contributed by atoms with Crippen molar-refractivity contribution in [2.45, 2.75) is 46.2 Å². The normalized spacial score (nSPS) is 12.6. The Kier molecular flexibility index (Phi) is 6.66. The average molecular weight is 366 g/mol. The third-order valence-corrected chi connectivity index (χ3v) is 4.76. The number of aliphatic hydroxyl groups is 1. The molecule has 0 aliphatic carbocycles. The number of carbonyl (C=O) groups is 1. The zero-order valence-electron chi connectivity index (χ0n) is 15.5. The summed E-state index contributed by atoms with van der Waals surface area (Å²) in [5.74, 6) is 0.623. The molecule has 3 N–H and O–H groups in total. The summed E-state index contributed by atoms with van der Waals surface area (Å²) in [5.41, 5.74) is 3.95. The van der Waals surface area contributed by atoms with Crippen LogP contribution in [0.1, 0.15) is 48.2 Å². The molecule has 8 heteroatoms. The van der Waals surface area contributed by atoms with E-state index < -0.39 is 0 Å². The first-order valence-corrected chi connectivity index (χ1v) is 9.80. The third kappa shape index (κ3) is 4.43. The van der Waals surface area contributed by atoms with Crippen molar-refractivity contribution in [3.8, 4) is 11.3 Å². The van der Waals surface area contributed by atoms with Gasteiger partial charge in [-0.2, -0.15) is 22.0 Å². The van der Waals surface area contributed by atoms with Gasteiger partial charge in [-0.3, -0.25) is 14.6 Å². The highest BCUT2D eigenvalue weighted by atomic mass is 32.2. The molecule has 0 saturated carbocycles. The summed E-state index contributed by atoms with van der Waals surface area (Å²) in [6.07, 6.45) is 2.73. The topological polar surface area (TPSA) is 95.8 Å². The van der Waals surface area contributed by atoms with Gasteiger partial charge in [0.05, 0.1) is 24.0 Å². The number of aromatic amines is 1. The second-order valence-electron chi connectivity index (χ2n) is 6.39. The first-order chi connectivity index (χ1) is 11.9. The highest BCUT2D eigenvalue weighted by Crippen LogP contribution is 2.27. The number of H-pyrrole nitrogens is 1. The van der Waals surface area contributed by atoms with Crippen molar-refractivity contribution in [3.05, 3.63) is 23.1 Å². The van der Waals surface area contributed by atoms with Crippen LogP contribution in [0.4, 0.5) is 0 Å². The van der Waals surface area contributed by atoms with Gasteiger partial charge in [-0.15, -0.1) is 0 Å². The van der Waals surface area contributed by atoms with Crippen LogP contribution in [0.2, 0.25) is 0 Å². The van der Waals surface area contributed by atoms with Gasteiger partial charge in [0.1, 0.15) is 5.69 Å². The number of hydrogen-bond donors (Lipinski definition) is 3. The lowest BCUT2D eigenvalue weighted by atomic mass is 10.1. The van der Waals surface area contributed by atoms with Crippen molar-refractivity contribution in [2.75, 3.05) is 18.6 Å². The summed E-state index contributed by atoms with van der Waals surface area (Å²) >= 11 is 1.69. The molecule has 0 spiro atoms. The molecular weight excluding hydrogens is 338 g/mol. The Bertz CT molecular complexity index is 723. The number of carbonyl (C=O) groups excluding carboxylic acids is 1. The van der Waals surface area contributed by atoms with Gasteiger partial charge in [0.25, 0.3) is 5.91 Å². The predicted molar refractivity (Wildman–Crippen MR) is 101 cm³/mol. The second kappa shape index (κ2) is 8.53. The summed E-state index contributed by atoms with van der Waals surface area (Å²) in [4.78, 5) is 12.4. The average Bonchev–Trinajstić information content (AvgIpc) is 3.15. The van der Waals surface area contributed by atoms with Gasteiger partial charge in [0, 0.05) is 17.3 Å². The van der Waals surface area contributed by atoms with Crippen LogP contribution in [-0.4, -0.2) is 55.6 Å². The van der Waals surface area contributed by atoms with Gasteiger partial charge in [-0.25, -0.2) is 0 Å². The van der Waals surface area contributed by atoms with E-state index in [2.05, 4.69) is 34.5 Å². The zero-order chi connectivity index (χ0) is 18.6. The Hall–Kier alpha value is -1.80. The SMILES string of the molecule is CSCCC(CO)NC(=O)c1cc(-c2c(C)nn(C(C)C)c2C)n[nH]1. The third-order valence-electron chi connectivity index (χ3n) is 4.12. The van der Waals surface area contributed by atoms with Crippen LogP contribution in [0.3, 0.4) is 0 Å². The maximum absolute atomic E-state index is 12.4. The van der Waals surface area contributed by atoms with Crippen molar-refractivity contribution in [2.24, 2.45) is 0 Å². The van der Waals surface area contributed by atoms with Crippen LogP contribution in [0, 0.1) is 13.8 Å². The number of aliphatic hydroxyl groups excluding tert-OH is 1. The number of amides is 1. The molecule has 2 rings (SSSR count). The maximum Gasteiger partial charge on any atom is 0.269 e. The van der Waals surface area contributed by atoms with Crippen molar-refractivity contribution >= 4 is 17.7 Å². The summed E-state index contributed by atoms with van der Waals surface area (Å²) in [6, 6.07) is 1.75. The highest BCUT2D eigenvalue weighted by molar-refractivity contribution is 7.98. The smallest absolute Gasteiger partial charge is 0.269 e. The van der Waals surface area contributed by atoms with E-state index in [0.29, 0.717) is 11.4 Å². The molecule has 0 aliphatic rings. The lowest BCUT2D eigenvalue weighted by Crippen LogP contribution is -2.38. The first-order valence-electron chi connectivity index (χ1n) is 8.41. The standard InChI is InChI=1S/C17H27N5O2S/c1-10(2)22-12(4)16(11(3)21-22)14-8-15(20-19-14)17(24)18-13(9-23)6-7-25-5/h8,10,13,23H,6-7,9H2,1-5H3,(H,18,24)(H,19,20). The molecule has 1 atom stereocenters. The van der Waals surface area contributed by atoms with E-state index in [4.69, 9.17) is 0 Å². The van der Waals surface area contributed by atoms with Gasteiger partial charge in [-0.1, -0.05) is 0 Å². The molecule has 0 aliphatic heterocycles. The van der Waals surface area contributed by atoms with Crippen molar-refractivity contribution in [1.29, 1.82) is 0 Å². The monoisotopic (exact) mass is 365 g/mol. The molecule has 25 heavy (non-hydrogen) atoms. The van der Waals surface area contributed by atoms with Crippen LogP contribution < -0.4 is 5.32 Å². The maximum atomic E-state index is 12.4. The van der Waals surface area contributed by atoms with Crippen LogP contribution >= 0.6 is 11.8 Å². The molecule has 0 aromatic carbocycles. The molecule has 0 fully saturated rings. The quantitative estimate of drug-likeness (QED) is 0.667. The van der Waals surface area contributed by atoms with Gasteiger partial charge >= 0.3 is 0 Å². The highest BCUT2D eigenvalue weighted by Gasteiger charge is 2.20. The molecule has 138 valence electrons. The fourth-order valence-electron chi connectivity index (χ4n) is 2.83. The zero-order valence-corrected chi connectivity index (χ0v) is 16.3. The molecule has 7 nitrogen and oxygen atoms in total. The number of nitrogens with one attached hydrogen (secondary N) is 2. The molecule has 0 bridgehead atoms. The predicted octanol–water partition coefficient (Wildman–Crippen LogP) is 2.31. The van der Waals surface area contributed by atoms with E-state index in [-0.39, 0.29) is 24.6 Å². The van der Waals surface area contributed by atoms with E-state index in [1.54, 1.807) is 17.8 Å². The molecular formula is C17H27N5O2S. The molecule has 0 radical (unpaired) electrons. The van der Waals surface area contributed by atoms with E-state index in [0.717, 1.165) is 29.1 Å². The number of thioether (sulfide) groups is 1. The summed E-state index contributed by atoms with van der Waals surface area (Å²) in [5, 5.41) is 23.9.